The topological polar surface area (TPSA) is 24.1 Å². The monoisotopic (exact) mass is 126 g/mol. The second-order valence-electron chi connectivity index (χ2n) is 2.30. The smallest absolute Gasteiger partial charge is 0.0863 e. The van der Waals surface area contributed by atoms with Gasteiger partial charge in [0.05, 0.1) is 6.17 Å². The first kappa shape index (κ1) is 8.32. The minimum absolute atomic E-state index is 0.231. The van der Waals surface area contributed by atoms with Gasteiger partial charge in [0.1, 0.15) is 0 Å². The van der Waals surface area contributed by atoms with Crippen molar-refractivity contribution in [2.45, 2.75) is 20.0 Å². The standard InChI is InChI=1S/C7H14N2/c1-5-9-7(8-4)6(2)3/h1,6-9H,2-4H3. The summed E-state index contributed by atoms with van der Waals surface area (Å²) in [6, 6.07) is 2.39. The average Bonchev–Trinajstić information content (AvgIpc) is 1.82. The van der Waals surface area contributed by atoms with Crippen LogP contribution in [0.4, 0.5) is 0 Å². The molecule has 0 aliphatic carbocycles. The van der Waals surface area contributed by atoms with Crippen molar-refractivity contribution in [1.82, 2.24) is 10.6 Å². The molecule has 0 heterocycles. The normalized spacial score (nSPS) is 12.8. The van der Waals surface area contributed by atoms with Crippen LogP contribution < -0.4 is 10.6 Å². The molecule has 0 radical (unpaired) electrons. The summed E-state index contributed by atoms with van der Waals surface area (Å²) >= 11 is 0. The quantitative estimate of drug-likeness (QED) is 0.324. The van der Waals surface area contributed by atoms with Crippen LogP contribution in [0.3, 0.4) is 0 Å². The summed E-state index contributed by atoms with van der Waals surface area (Å²) < 4.78 is 0. The Kier molecular flexibility index (Phi) is 3.90. The predicted molar refractivity (Wildman–Crippen MR) is 39.7 cm³/mol. The lowest BCUT2D eigenvalue weighted by atomic mass is 10.1. The second kappa shape index (κ2) is 4.22. The molecule has 0 aliphatic rings. The molecule has 2 heteroatoms. The highest BCUT2D eigenvalue weighted by Crippen LogP contribution is 1.94. The highest BCUT2D eigenvalue weighted by atomic mass is 15.1. The van der Waals surface area contributed by atoms with Gasteiger partial charge in [0.2, 0.25) is 0 Å². The fourth-order valence-corrected chi connectivity index (χ4v) is 0.662. The van der Waals surface area contributed by atoms with Gasteiger partial charge in [-0.2, -0.15) is 0 Å². The molecule has 2 nitrogen and oxygen atoms in total. The molecular formula is C7H14N2. The van der Waals surface area contributed by atoms with Crippen molar-refractivity contribution in [2.24, 2.45) is 5.92 Å². The first-order valence-electron chi connectivity index (χ1n) is 3.10. The van der Waals surface area contributed by atoms with Gasteiger partial charge in [-0.1, -0.05) is 20.3 Å². The molecule has 9 heavy (non-hydrogen) atoms. The van der Waals surface area contributed by atoms with Gasteiger partial charge in [-0.15, -0.1) is 0 Å². The Hall–Kier alpha value is -0.680. The Morgan fingerprint density at radius 2 is 2.00 bits per heavy atom. The molecule has 0 saturated carbocycles. The molecule has 0 saturated heterocycles. The van der Waals surface area contributed by atoms with E-state index in [1.54, 1.807) is 0 Å². The number of terminal acetylenes is 1. The van der Waals surface area contributed by atoms with Crippen LogP contribution in [-0.4, -0.2) is 13.2 Å². The van der Waals surface area contributed by atoms with Gasteiger partial charge >= 0.3 is 0 Å². The molecule has 0 aromatic carbocycles. The van der Waals surface area contributed by atoms with Crippen LogP contribution >= 0.6 is 0 Å². The molecule has 0 rings (SSSR count). The lowest BCUT2D eigenvalue weighted by Crippen LogP contribution is -2.41. The van der Waals surface area contributed by atoms with Gasteiger partial charge < -0.3 is 5.32 Å². The Balaban J connectivity index is 3.57. The van der Waals surface area contributed by atoms with Gasteiger partial charge in [0, 0.05) is 6.04 Å². The zero-order valence-electron chi connectivity index (χ0n) is 6.23. The molecule has 52 valence electrons. The van der Waals surface area contributed by atoms with Crippen LogP contribution in [0.2, 0.25) is 0 Å². The maximum atomic E-state index is 5.04. The summed E-state index contributed by atoms with van der Waals surface area (Å²) in [5, 5.41) is 5.90. The van der Waals surface area contributed by atoms with Gasteiger partial charge in [0.15, 0.2) is 0 Å². The van der Waals surface area contributed by atoms with Crippen LogP contribution in [0, 0.1) is 18.4 Å². The molecule has 0 aromatic rings. The summed E-state index contributed by atoms with van der Waals surface area (Å²) in [4.78, 5) is 0. The summed E-state index contributed by atoms with van der Waals surface area (Å²) in [6.07, 6.45) is 5.27. The van der Waals surface area contributed by atoms with Crippen LogP contribution in [0.25, 0.3) is 0 Å². The third-order valence-corrected chi connectivity index (χ3v) is 1.22. The van der Waals surface area contributed by atoms with E-state index in [-0.39, 0.29) is 6.17 Å². The zero-order valence-corrected chi connectivity index (χ0v) is 6.23. The van der Waals surface area contributed by atoms with E-state index in [1.807, 2.05) is 7.05 Å². The SMILES string of the molecule is C#CNC(NC)C(C)C. The first-order valence-corrected chi connectivity index (χ1v) is 3.10. The lowest BCUT2D eigenvalue weighted by molar-refractivity contribution is 0.398. The highest BCUT2D eigenvalue weighted by Gasteiger charge is 2.06. The van der Waals surface area contributed by atoms with E-state index in [9.17, 15) is 0 Å². The van der Waals surface area contributed by atoms with Crippen molar-refractivity contribution >= 4 is 0 Å². The minimum atomic E-state index is 0.231. The first-order chi connectivity index (χ1) is 4.22. The van der Waals surface area contributed by atoms with Gasteiger partial charge in [0.25, 0.3) is 0 Å². The van der Waals surface area contributed by atoms with Crippen molar-refractivity contribution in [2.75, 3.05) is 7.05 Å². The maximum absolute atomic E-state index is 5.04. The zero-order chi connectivity index (χ0) is 7.28. The van der Waals surface area contributed by atoms with Crippen LogP contribution in [0.1, 0.15) is 13.8 Å². The predicted octanol–water partition coefficient (Wildman–Crippen LogP) is 0.368. The Morgan fingerprint density at radius 1 is 1.44 bits per heavy atom. The van der Waals surface area contributed by atoms with Crippen LogP contribution in [-0.2, 0) is 0 Å². The number of hydrogen-bond donors (Lipinski definition) is 2. The molecule has 0 aromatic heterocycles. The molecule has 1 atom stereocenters. The number of rotatable bonds is 3. The molecular weight excluding hydrogens is 112 g/mol. The van der Waals surface area contributed by atoms with Crippen LogP contribution in [0.15, 0.2) is 0 Å². The van der Waals surface area contributed by atoms with E-state index in [0.29, 0.717) is 5.92 Å². The molecule has 0 bridgehead atoms. The number of hydrogen-bond acceptors (Lipinski definition) is 2. The van der Waals surface area contributed by atoms with Crippen molar-refractivity contribution in [3.63, 3.8) is 0 Å². The van der Waals surface area contributed by atoms with E-state index in [4.69, 9.17) is 6.42 Å². The number of nitrogens with one attached hydrogen (secondary N) is 2. The molecule has 0 aliphatic heterocycles. The Morgan fingerprint density at radius 3 is 2.11 bits per heavy atom. The van der Waals surface area contributed by atoms with Crippen molar-refractivity contribution in [1.29, 1.82) is 0 Å². The third-order valence-electron chi connectivity index (χ3n) is 1.22. The summed E-state index contributed by atoms with van der Waals surface area (Å²) in [6.45, 7) is 4.21. The molecule has 2 N–H and O–H groups in total. The van der Waals surface area contributed by atoms with E-state index < -0.39 is 0 Å². The maximum Gasteiger partial charge on any atom is 0.0863 e. The van der Waals surface area contributed by atoms with Crippen molar-refractivity contribution < 1.29 is 0 Å². The van der Waals surface area contributed by atoms with Gasteiger partial charge in [-0.05, 0) is 13.0 Å². The Bertz CT molecular complexity index is 102. The molecule has 1 unspecified atom stereocenters. The minimum Gasteiger partial charge on any atom is -0.330 e. The second-order valence-corrected chi connectivity index (χ2v) is 2.30. The highest BCUT2D eigenvalue weighted by molar-refractivity contribution is 4.84. The van der Waals surface area contributed by atoms with Crippen LogP contribution in [0.5, 0.6) is 0 Å². The molecule has 0 spiro atoms. The fourth-order valence-electron chi connectivity index (χ4n) is 0.662. The van der Waals surface area contributed by atoms with E-state index >= 15 is 0 Å². The molecule has 0 fully saturated rings. The lowest BCUT2D eigenvalue weighted by Gasteiger charge is -2.18. The summed E-state index contributed by atoms with van der Waals surface area (Å²) in [7, 11) is 1.88. The summed E-state index contributed by atoms with van der Waals surface area (Å²) in [5.74, 6) is 0.519. The van der Waals surface area contributed by atoms with E-state index in [1.165, 1.54) is 0 Å². The molecule has 0 amide bonds. The van der Waals surface area contributed by atoms with E-state index in [0.717, 1.165) is 0 Å². The van der Waals surface area contributed by atoms with Crippen molar-refractivity contribution in [3.8, 4) is 12.5 Å². The third kappa shape index (κ3) is 2.99. The van der Waals surface area contributed by atoms with E-state index in [2.05, 4.69) is 30.5 Å². The van der Waals surface area contributed by atoms with Gasteiger partial charge in [-0.3, -0.25) is 5.32 Å². The van der Waals surface area contributed by atoms with Crippen molar-refractivity contribution in [3.05, 3.63) is 0 Å². The fraction of sp³-hybridized carbons (Fsp3) is 0.714. The summed E-state index contributed by atoms with van der Waals surface area (Å²) in [5.41, 5.74) is 0. The van der Waals surface area contributed by atoms with Gasteiger partial charge in [-0.25, -0.2) is 0 Å². The largest absolute Gasteiger partial charge is 0.330 e. The average molecular weight is 126 g/mol. The Labute approximate surface area is 57.0 Å².